The van der Waals surface area contributed by atoms with Crippen LogP contribution in [0.1, 0.15) is 27.2 Å². The molecule has 8 nitrogen and oxygen atoms in total. The van der Waals surface area contributed by atoms with Gasteiger partial charge in [0.2, 0.25) is 6.29 Å². The van der Waals surface area contributed by atoms with Crippen molar-refractivity contribution in [3.8, 4) is 5.75 Å². The maximum absolute atomic E-state index is 11.5. The molecule has 1 aromatic rings. The summed E-state index contributed by atoms with van der Waals surface area (Å²) in [7, 11) is 0. The molecule has 0 unspecified atom stereocenters. The Hall–Kier alpha value is -1.88. The van der Waals surface area contributed by atoms with Crippen molar-refractivity contribution >= 4 is 40.5 Å². The molecule has 0 aliphatic carbocycles. The van der Waals surface area contributed by atoms with Crippen LogP contribution in [0.2, 0.25) is 0 Å². The Morgan fingerprint density at radius 2 is 1.67 bits per heavy atom. The normalized spacial score (nSPS) is 24.6. The first-order valence-corrected chi connectivity index (χ1v) is 9.38. The number of benzene rings is 1. The van der Waals surface area contributed by atoms with Gasteiger partial charge in [0.1, 0.15) is 24.6 Å². The van der Waals surface area contributed by atoms with Gasteiger partial charge >= 0.3 is 17.9 Å². The first kappa shape index (κ1) is 21.4. The molecule has 1 aliphatic rings. The number of carbonyl (C=O) groups is 3. The molecule has 0 bridgehead atoms. The summed E-state index contributed by atoms with van der Waals surface area (Å²) in [6, 6.07) is 7.32. The third kappa shape index (κ3) is 6.98. The summed E-state index contributed by atoms with van der Waals surface area (Å²) in [6.07, 6.45) is -3.18. The summed E-state index contributed by atoms with van der Waals surface area (Å²) in [6.45, 7) is 3.59. The van der Waals surface area contributed by atoms with Crippen LogP contribution >= 0.6 is 22.6 Å². The van der Waals surface area contributed by atoms with Crippen LogP contribution < -0.4 is 4.74 Å². The van der Waals surface area contributed by atoms with E-state index in [1.54, 1.807) is 12.1 Å². The van der Waals surface area contributed by atoms with Crippen LogP contribution in [-0.4, -0.2) is 49.1 Å². The topological polar surface area (TPSA) is 97.4 Å². The molecule has 0 radical (unpaired) electrons. The van der Waals surface area contributed by atoms with Gasteiger partial charge in [-0.15, -0.1) is 0 Å². The Labute approximate surface area is 170 Å². The lowest BCUT2D eigenvalue weighted by Gasteiger charge is -2.39. The van der Waals surface area contributed by atoms with E-state index in [-0.39, 0.29) is 13.0 Å². The minimum absolute atomic E-state index is 0.153. The number of esters is 3. The van der Waals surface area contributed by atoms with E-state index in [1.807, 2.05) is 12.1 Å². The third-order valence-electron chi connectivity index (χ3n) is 3.64. The molecule has 0 N–H and O–H groups in total. The second-order valence-electron chi connectivity index (χ2n) is 5.94. The molecule has 9 heteroatoms. The number of ether oxygens (including phenoxy) is 5. The Bertz CT molecular complexity index is 674. The zero-order chi connectivity index (χ0) is 20.0. The molecule has 1 fully saturated rings. The summed E-state index contributed by atoms with van der Waals surface area (Å²) in [5.41, 5.74) is 0. The number of halogens is 1. The maximum atomic E-state index is 11.5. The lowest BCUT2D eigenvalue weighted by atomic mass is 10.0. The van der Waals surface area contributed by atoms with Crippen molar-refractivity contribution in [2.75, 3.05) is 6.61 Å². The average molecular weight is 492 g/mol. The molecule has 0 aromatic heterocycles. The van der Waals surface area contributed by atoms with Crippen molar-refractivity contribution < 1.29 is 38.1 Å². The van der Waals surface area contributed by atoms with Crippen LogP contribution in [0, 0.1) is 3.57 Å². The number of hydrogen-bond donors (Lipinski definition) is 0. The van der Waals surface area contributed by atoms with E-state index in [9.17, 15) is 14.4 Å². The van der Waals surface area contributed by atoms with Crippen molar-refractivity contribution in [3.05, 3.63) is 27.8 Å². The molecule has 0 spiro atoms. The summed E-state index contributed by atoms with van der Waals surface area (Å²) in [5.74, 6) is -1.03. The van der Waals surface area contributed by atoms with Gasteiger partial charge in [0, 0.05) is 24.3 Å². The summed E-state index contributed by atoms with van der Waals surface area (Å²) in [5, 5.41) is 0. The van der Waals surface area contributed by atoms with Crippen LogP contribution in [0.15, 0.2) is 24.3 Å². The predicted octanol–water partition coefficient (Wildman–Crippen LogP) is 2.21. The molecule has 0 amide bonds. The van der Waals surface area contributed by atoms with E-state index in [4.69, 9.17) is 23.7 Å². The fourth-order valence-electron chi connectivity index (χ4n) is 2.64. The lowest BCUT2D eigenvalue weighted by Crippen LogP contribution is -2.54. The molecule has 1 heterocycles. The van der Waals surface area contributed by atoms with Gasteiger partial charge in [-0.25, -0.2) is 0 Å². The zero-order valence-corrected chi connectivity index (χ0v) is 17.3. The smallest absolute Gasteiger partial charge is 0.303 e. The largest absolute Gasteiger partial charge is 0.465 e. The standard InChI is InChI=1S/C18H21IO8/c1-10(20)23-9-16-18(25-12(3)22)15(24-11(2)21)8-17(27-16)26-14-6-4-13(19)5-7-14/h4-7,15-18H,8-9H2,1-3H3/t15-,16-,17+,18-/m1/s1. The van der Waals surface area contributed by atoms with Gasteiger partial charge < -0.3 is 23.7 Å². The average Bonchev–Trinajstić information content (AvgIpc) is 2.56. The van der Waals surface area contributed by atoms with Gasteiger partial charge in [0.15, 0.2) is 6.10 Å². The van der Waals surface area contributed by atoms with Gasteiger partial charge in [0.25, 0.3) is 0 Å². The Balaban J connectivity index is 2.19. The van der Waals surface area contributed by atoms with Gasteiger partial charge in [-0.1, -0.05) is 0 Å². The van der Waals surface area contributed by atoms with Crippen molar-refractivity contribution in [2.45, 2.75) is 51.8 Å². The first-order chi connectivity index (χ1) is 12.7. The molecule has 27 heavy (non-hydrogen) atoms. The highest BCUT2D eigenvalue weighted by Gasteiger charge is 2.44. The van der Waals surface area contributed by atoms with Crippen LogP contribution in [0.25, 0.3) is 0 Å². The zero-order valence-electron chi connectivity index (χ0n) is 15.2. The van der Waals surface area contributed by atoms with Crippen molar-refractivity contribution in [1.29, 1.82) is 0 Å². The third-order valence-corrected chi connectivity index (χ3v) is 4.35. The number of carbonyl (C=O) groups excluding carboxylic acids is 3. The molecular weight excluding hydrogens is 471 g/mol. The van der Waals surface area contributed by atoms with Crippen LogP contribution in [-0.2, 0) is 33.3 Å². The first-order valence-electron chi connectivity index (χ1n) is 8.30. The number of rotatable bonds is 6. The minimum Gasteiger partial charge on any atom is -0.465 e. The fraction of sp³-hybridized carbons (Fsp3) is 0.500. The van der Waals surface area contributed by atoms with E-state index < -0.39 is 42.5 Å². The van der Waals surface area contributed by atoms with Crippen molar-refractivity contribution in [3.63, 3.8) is 0 Å². The highest BCUT2D eigenvalue weighted by molar-refractivity contribution is 14.1. The second-order valence-corrected chi connectivity index (χ2v) is 7.18. The van der Waals surface area contributed by atoms with E-state index in [0.29, 0.717) is 5.75 Å². The van der Waals surface area contributed by atoms with Crippen LogP contribution in [0.5, 0.6) is 5.75 Å². The number of hydrogen-bond acceptors (Lipinski definition) is 8. The van der Waals surface area contributed by atoms with Gasteiger partial charge in [-0.05, 0) is 46.9 Å². The Morgan fingerprint density at radius 3 is 2.22 bits per heavy atom. The molecule has 1 aliphatic heterocycles. The minimum atomic E-state index is -0.915. The van der Waals surface area contributed by atoms with Crippen molar-refractivity contribution in [2.24, 2.45) is 0 Å². The Kier molecular flexibility index (Phi) is 7.84. The summed E-state index contributed by atoms with van der Waals surface area (Å²) < 4.78 is 28.3. The van der Waals surface area contributed by atoms with Gasteiger partial charge in [-0.3, -0.25) is 14.4 Å². The molecular formula is C18H21IO8. The molecule has 1 aromatic carbocycles. The summed E-state index contributed by atoms with van der Waals surface area (Å²) in [4.78, 5) is 34.1. The van der Waals surface area contributed by atoms with Gasteiger partial charge in [-0.2, -0.15) is 0 Å². The highest BCUT2D eigenvalue weighted by Crippen LogP contribution is 2.28. The molecule has 4 atom stereocenters. The predicted molar refractivity (Wildman–Crippen MR) is 101 cm³/mol. The second kappa shape index (κ2) is 9.88. The fourth-order valence-corrected chi connectivity index (χ4v) is 3.00. The van der Waals surface area contributed by atoms with E-state index >= 15 is 0 Å². The van der Waals surface area contributed by atoms with Crippen LogP contribution in [0.4, 0.5) is 0 Å². The van der Waals surface area contributed by atoms with Gasteiger partial charge in [0.05, 0.1) is 6.42 Å². The SMILES string of the molecule is CC(=O)OC[C@H]1O[C@H](Oc2ccc(I)cc2)C[C@@H](OC(C)=O)[C@H]1OC(C)=O. The molecule has 0 saturated carbocycles. The highest BCUT2D eigenvalue weighted by atomic mass is 127. The van der Waals surface area contributed by atoms with Crippen LogP contribution in [0.3, 0.4) is 0 Å². The van der Waals surface area contributed by atoms with E-state index in [0.717, 1.165) is 3.57 Å². The lowest BCUT2D eigenvalue weighted by molar-refractivity contribution is -0.245. The van der Waals surface area contributed by atoms with E-state index in [2.05, 4.69) is 22.6 Å². The maximum Gasteiger partial charge on any atom is 0.303 e. The summed E-state index contributed by atoms with van der Waals surface area (Å²) >= 11 is 2.18. The monoisotopic (exact) mass is 492 g/mol. The molecule has 2 rings (SSSR count). The van der Waals surface area contributed by atoms with E-state index in [1.165, 1.54) is 20.8 Å². The Morgan fingerprint density at radius 1 is 1.04 bits per heavy atom. The quantitative estimate of drug-likeness (QED) is 0.339. The molecule has 148 valence electrons. The van der Waals surface area contributed by atoms with Crippen molar-refractivity contribution in [1.82, 2.24) is 0 Å². The molecule has 1 saturated heterocycles.